The van der Waals surface area contributed by atoms with Gasteiger partial charge in [-0.05, 0) is 37.5 Å². The number of nitrogens with one attached hydrogen (secondary N) is 1. The molecule has 0 bridgehead atoms. The molecule has 0 saturated carbocycles. The zero-order valence-corrected chi connectivity index (χ0v) is 12.5. The molecule has 0 aliphatic carbocycles. The predicted octanol–water partition coefficient (Wildman–Crippen LogP) is 2.82. The average molecular weight is 261 g/mol. The van der Waals surface area contributed by atoms with E-state index >= 15 is 0 Å². The number of hydrogen-bond donors (Lipinski definition) is 1. The Morgan fingerprint density at radius 3 is 2.74 bits per heavy atom. The molecule has 1 aliphatic rings. The van der Waals surface area contributed by atoms with Crippen LogP contribution in [0.25, 0.3) is 0 Å². The molecule has 2 heterocycles. The second kappa shape index (κ2) is 6.49. The van der Waals surface area contributed by atoms with Gasteiger partial charge in [0, 0.05) is 43.6 Å². The topological polar surface area (TPSA) is 28.2 Å². The van der Waals surface area contributed by atoms with E-state index in [1.54, 1.807) is 0 Å². The number of piperazine rings is 1. The number of nitrogens with zero attached hydrogens (tertiary/aromatic N) is 2. The summed E-state index contributed by atoms with van der Waals surface area (Å²) in [4.78, 5) is 6.76. The normalized spacial score (nSPS) is 28.5. The Bertz CT molecular complexity index is 379. The molecule has 106 valence electrons. The van der Waals surface area contributed by atoms with E-state index in [0.717, 1.165) is 19.6 Å². The second-order valence-electron chi connectivity index (χ2n) is 6.00. The third kappa shape index (κ3) is 3.77. The highest BCUT2D eigenvalue weighted by Gasteiger charge is 2.33. The van der Waals surface area contributed by atoms with Gasteiger partial charge < -0.3 is 5.32 Å². The molecule has 3 nitrogen and oxygen atoms in total. The maximum atomic E-state index is 4.11. The van der Waals surface area contributed by atoms with Gasteiger partial charge in [-0.1, -0.05) is 20.3 Å². The second-order valence-corrected chi connectivity index (χ2v) is 6.00. The predicted molar refractivity (Wildman–Crippen MR) is 80.0 cm³/mol. The highest BCUT2D eigenvalue weighted by Crippen LogP contribution is 2.23. The lowest BCUT2D eigenvalue weighted by Crippen LogP contribution is -2.62. The van der Waals surface area contributed by atoms with Crippen LogP contribution in [0.4, 0.5) is 0 Å². The fourth-order valence-electron chi connectivity index (χ4n) is 2.89. The van der Waals surface area contributed by atoms with E-state index < -0.39 is 0 Å². The molecule has 2 rings (SSSR count). The molecule has 3 heteroatoms. The van der Waals surface area contributed by atoms with Gasteiger partial charge >= 0.3 is 0 Å². The molecule has 1 N–H and O–H groups in total. The summed E-state index contributed by atoms with van der Waals surface area (Å²) in [5.41, 5.74) is 1.63. The highest BCUT2D eigenvalue weighted by atomic mass is 15.2. The summed E-state index contributed by atoms with van der Waals surface area (Å²) >= 11 is 0. The molecule has 19 heavy (non-hydrogen) atoms. The molecule has 1 fully saturated rings. The van der Waals surface area contributed by atoms with Gasteiger partial charge in [-0.25, -0.2) is 0 Å². The quantitative estimate of drug-likeness (QED) is 0.883. The molecule has 2 unspecified atom stereocenters. The smallest absolute Gasteiger partial charge is 0.0278 e. The van der Waals surface area contributed by atoms with Gasteiger partial charge in [0.2, 0.25) is 0 Å². The van der Waals surface area contributed by atoms with E-state index in [-0.39, 0.29) is 5.54 Å². The molecular formula is C16H27N3. The standard InChI is InChI=1S/C16H27N3/c1-4-6-15-11-18-16(3,5-2)13-19(15)12-14-7-9-17-10-8-14/h7-10,15,18H,4-6,11-13H2,1-3H3. The molecule has 0 spiro atoms. The summed E-state index contributed by atoms with van der Waals surface area (Å²) in [5, 5.41) is 3.74. The fraction of sp³-hybridized carbons (Fsp3) is 0.688. The van der Waals surface area contributed by atoms with E-state index in [9.17, 15) is 0 Å². The summed E-state index contributed by atoms with van der Waals surface area (Å²) in [6.45, 7) is 10.2. The molecule has 1 saturated heterocycles. The molecule has 2 atom stereocenters. The van der Waals surface area contributed by atoms with Crippen LogP contribution >= 0.6 is 0 Å². The summed E-state index contributed by atoms with van der Waals surface area (Å²) in [6.07, 6.45) is 7.50. The first-order chi connectivity index (χ1) is 9.17. The van der Waals surface area contributed by atoms with Gasteiger partial charge in [0.15, 0.2) is 0 Å². The van der Waals surface area contributed by atoms with Gasteiger partial charge in [0.25, 0.3) is 0 Å². The first-order valence-corrected chi connectivity index (χ1v) is 7.55. The van der Waals surface area contributed by atoms with Crippen molar-refractivity contribution in [2.75, 3.05) is 13.1 Å². The van der Waals surface area contributed by atoms with Gasteiger partial charge in [-0.3, -0.25) is 9.88 Å². The van der Waals surface area contributed by atoms with Crippen LogP contribution in [0.5, 0.6) is 0 Å². The van der Waals surface area contributed by atoms with Crippen molar-refractivity contribution in [1.82, 2.24) is 15.2 Å². The number of rotatable bonds is 5. The minimum Gasteiger partial charge on any atom is -0.309 e. The Labute approximate surface area is 117 Å². The average Bonchev–Trinajstić information content (AvgIpc) is 2.43. The Kier molecular flexibility index (Phi) is 4.94. The van der Waals surface area contributed by atoms with E-state index in [1.165, 1.54) is 24.8 Å². The van der Waals surface area contributed by atoms with Gasteiger partial charge in [-0.15, -0.1) is 0 Å². The largest absolute Gasteiger partial charge is 0.309 e. The van der Waals surface area contributed by atoms with Crippen molar-refractivity contribution in [2.24, 2.45) is 0 Å². The summed E-state index contributed by atoms with van der Waals surface area (Å²) in [6, 6.07) is 4.93. The Balaban J connectivity index is 2.07. The van der Waals surface area contributed by atoms with Crippen LogP contribution in [0.2, 0.25) is 0 Å². The summed E-state index contributed by atoms with van der Waals surface area (Å²) < 4.78 is 0. The SMILES string of the molecule is CCCC1CNC(C)(CC)CN1Cc1ccncc1. The number of aromatic nitrogens is 1. The van der Waals surface area contributed by atoms with Crippen LogP contribution in [0.15, 0.2) is 24.5 Å². The first-order valence-electron chi connectivity index (χ1n) is 7.55. The van der Waals surface area contributed by atoms with E-state index in [2.05, 4.69) is 48.1 Å². The first kappa shape index (κ1) is 14.5. The van der Waals surface area contributed by atoms with Crippen molar-refractivity contribution in [3.05, 3.63) is 30.1 Å². The van der Waals surface area contributed by atoms with Crippen LogP contribution in [-0.2, 0) is 6.54 Å². The summed E-state index contributed by atoms with van der Waals surface area (Å²) in [5.74, 6) is 0. The number of hydrogen-bond acceptors (Lipinski definition) is 3. The molecule has 0 aromatic carbocycles. The van der Waals surface area contributed by atoms with Crippen molar-refractivity contribution in [2.45, 2.75) is 58.2 Å². The lowest BCUT2D eigenvalue weighted by atomic mass is 9.92. The van der Waals surface area contributed by atoms with Crippen molar-refractivity contribution in [1.29, 1.82) is 0 Å². The van der Waals surface area contributed by atoms with Gasteiger partial charge in [-0.2, -0.15) is 0 Å². The highest BCUT2D eigenvalue weighted by molar-refractivity contribution is 5.10. The third-order valence-corrected chi connectivity index (χ3v) is 4.37. The molecule has 0 radical (unpaired) electrons. The maximum Gasteiger partial charge on any atom is 0.0278 e. The minimum atomic E-state index is 0.261. The Morgan fingerprint density at radius 2 is 2.11 bits per heavy atom. The molecule has 1 aromatic heterocycles. The monoisotopic (exact) mass is 261 g/mol. The molecule has 0 amide bonds. The summed E-state index contributed by atoms with van der Waals surface area (Å²) in [7, 11) is 0. The van der Waals surface area contributed by atoms with Crippen LogP contribution in [0.3, 0.4) is 0 Å². The van der Waals surface area contributed by atoms with Crippen molar-refractivity contribution < 1.29 is 0 Å². The van der Waals surface area contributed by atoms with E-state index in [0.29, 0.717) is 6.04 Å². The van der Waals surface area contributed by atoms with Crippen molar-refractivity contribution in [3.63, 3.8) is 0 Å². The minimum absolute atomic E-state index is 0.261. The van der Waals surface area contributed by atoms with Crippen molar-refractivity contribution >= 4 is 0 Å². The van der Waals surface area contributed by atoms with E-state index in [1.807, 2.05) is 12.4 Å². The van der Waals surface area contributed by atoms with Gasteiger partial charge in [0.05, 0.1) is 0 Å². The zero-order valence-electron chi connectivity index (χ0n) is 12.5. The van der Waals surface area contributed by atoms with Crippen LogP contribution in [0.1, 0.15) is 45.6 Å². The zero-order chi connectivity index (χ0) is 13.7. The molecular weight excluding hydrogens is 234 g/mol. The molecule has 1 aromatic rings. The maximum absolute atomic E-state index is 4.11. The molecule has 1 aliphatic heterocycles. The van der Waals surface area contributed by atoms with Crippen LogP contribution in [0, 0.1) is 0 Å². The third-order valence-electron chi connectivity index (χ3n) is 4.37. The lowest BCUT2D eigenvalue weighted by Gasteiger charge is -2.46. The van der Waals surface area contributed by atoms with Crippen molar-refractivity contribution in [3.8, 4) is 0 Å². The van der Waals surface area contributed by atoms with Gasteiger partial charge in [0.1, 0.15) is 0 Å². The lowest BCUT2D eigenvalue weighted by molar-refractivity contribution is 0.0725. The Morgan fingerprint density at radius 1 is 1.37 bits per heavy atom. The van der Waals surface area contributed by atoms with E-state index in [4.69, 9.17) is 0 Å². The fourth-order valence-corrected chi connectivity index (χ4v) is 2.89. The van der Waals surface area contributed by atoms with Crippen LogP contribution in [-0.4, -0.2) is 34.6 Å². The van der Waals surface area contributed by atoms with Crippen LogP contribution < -0.4 is 5.32 Å². The Hall–Kier alpha value is -0.930. The number of pyridine rings is 1.